The highest BCUT2D eigenvalue weighted by Gasteiger charge is 2.28. The maximum atomic E-state index is 12.5. The van der Waals surface area contributed by atoms with Gasteiger partial charge in [-0.1, -0.05) is 0 Å². The number of carbonyl (C=O) groups excluding carboxylic acids is 1. The summed E-state index contributed by atoms with van der Waals surface area (Å²) < 4.78 is 38.8. The van der Waals surface area contributed by atoms with Gasteiger partial charge in [0.15, 0.2) is 11.5 Å². The van der Waals surface area contributed by atoms with Gasteiger partial charge in [-0.15, -0.1) is 11.3 Å². The second-order valence-electron chi connectivity index (χ2n) is 4.79. The van der Waals surface area contributed by atoms with Crippen LogP contribution in [0.3, 0.4) is 0 Å². The number of fused-ring (bicyclic) bond motifs is 1. The van der Waals surface area contributed by atoms with E-state index >= 15 is 0 Å². The molecule has 11 heteroatoms. The molecule has 1 aliphatic heterocycles. The molecule has 1 aromatic heterocycles. The lowest BCUT2D eigenvalue weighted by Gasteiger charge is -2.13. The van der Waals surface area contributed by atoms with E-state index in [1.807, 2.05) is 6.07 Å². The first-order valence-corrected chi connectivity index (χ1v) is 9.11. The third kappa shape index (κ3) is 2.98. The second-order valence-corrected chi connectivity index (χ2v) is 7.23. The van der Waals surface area contributed by atoms with Crippen LogP contribution in [0.15, 0.2) is 22.4 Å². The van der Waals surface area contributed by atoms with Crippen molar-refractivity contribution < 1.29 is 27.4 Å². The molecule has 0 unspecified atom stereocenters. The molecule has 0 bridgehead atoms. The molecule has 1 aromatic carbocycles. The Bertz CT molecular complexity index is 1010. The number of nitriles is 1. The summed E-state index contributed by atoms with van der Waals surface area (Å²) in [5.41, 5.74) is 0.0573. The van der Waals surface area contributed by atoms with E-state index in [4.69, 9.17) is 19.3 Å². The molecule has 0 fully saturated rings. The summed E-state index contributed by atoms with van der Waals surface area (Å²) in [6.45, 7) is -0.0644. The predicted molar refractivity (Wildman–Crippen MR) is 87.5 cm³/mol. The Morgan fingerprint density at radius 2 is 2.24 bits per heavy atom. The standard InChI is InChI=1S/C14H11N3O6S2/c1-21-8-4-9-12(23-6-22-9)7(5-15)11(8)17-14(18)13-10(2-3-24-13)25(16,19)20/h2-4H,6H2,1H3,(H,17,18)(H2,16,19,20). The smallest absolute Gasteiger partial charge is 0.267 e. The van der Waals surface area contributed by atoms with E-state index in [-0.39, 0.29) is 39.3 Å². The van der Waals surface area contributed by atoms with Gasteiger partial charge in [-0.05, 0) is 11.4 Å². The van der Waals surface area contributed by atoms with Crippen LogP contribution in [0.4, 0.5) is 5.69 Å². The van der Waals surface area contributed by atoms with Gasteiger partial charge in [0.05, 0.1) is 7.11 Å². The van der Waals surface area contributed by atoms with Gasteiger partial charge in [0, 0.05) is 6.07 Å². The topological polar surface area (TPSA) is 141 Å². The average Bonchev–Trinajstić information content (AvgIpc) is 3.22. The molecule has 3 rings (SSSR count). The number of amides is 1. The van der Waals surface area contributed by atoms with Gasteiger partial charge in [0.2, 0.25) is 16.8 Å². The third-order valence-corrected chi connectivity index (χ3v) is 5.33. The van der Waals surface area contributed by atoms with E-state index < -0.39 is 15.9 Å². The van der Waals surface area contributed by atoms with Gasteiger partial charge in [0.25, 0.3) is 5.91 Å². The van der Waals surface area contributed by atoms with Crippen molar-refractivity contribution in [1.82, 2.24) is 0 Å². The van der Waals surface area contributed by atoms with Crippen molar-refractivity contribution in [1.29, 1.82) is 5.26 Å². The van der Waals surface area contributed by atoms with Crippen LogP contribution in [0.1, 0.15) is 15.2 Å². The summed E-state index contributed by atoms with van der Waals surface area (Å²) in [6, 6.07) is 4.63. The Morgan fingerprint density at radius 1 is 1.48 bits per heavy atom. The number of ether oxygens (including phenoxy) is 3. The first kappa shape index (κ1) is 17.0. The molecule has 0 saturated carbocycles. The zero-order valence-corrected chi connectivity index (χ0v) is 14.4. The molecule has 2 aromatic rings. The molecule has 130 valence electrons. The highest BCUT2D eigenvalue weighted by Crippen LogP contribution is 2.45. The van der Waals surface area contributed by atoms with E-state index in [1.54, 1.807) is 0 Å². The molecule has 3 N–H and O–H groups in total. The SMILES string of the molecule is COc1cc2c(c(C#N)c1NC(=O)c1sccc1S(N)(=O)=O)OCO2. The number of nitrogens with zero attached hydrogens (tertiary/aromatic N) is 1. The van der Waals surface area contributed by atoms with Crippen molar-refractivity contribution >= 4 is 33.0 Å². The van der Waals surface area contributed by atoms with Gasteiger partial charge in [-0.2, -0.15) is 5.26 Å². The van der Waals surface area contributed by atoms with E-state index in [0.717, 1.165) is 11.3 Å². The maximum absolute atomic E-state index is 12.5. The molecule has 9 nitrogen and oxygen atoms in total. The average molecular weight is 381 g/mol. The Balaban J connectivity index is 2.06. The molecule has 1 aliphatic rings. The van der Waals surface area contributed by atoms with Crippen LogP contribution < -0.4 is 24.7 Å². The van der Waals surface area contributed by atoms with Crippen molar-refractivity contribution in [2.24, 2.45) is 5.14 Å². The van der Waals surface area contributed by atoms with Crippen LogP contribution in [-0.2, 0) is 10.0 Å². The third-order valence-electron chi connectivity index (χ3n) is 3.34. The fraction of sp³-hybridized carbons (Fsp3) is 0.143. The normalized spacial score (nSPS) is 12.5. The highest BCUT2D eigenvalue weighted by molar-refractivity contribution is 7.89. The van der Waals surface area contributed by atoms with Gasteiger partial charge in [-0.25, -0.2) is 13.6 Å². The molecule has 0 radical (unpaired) electrons. The van der Waals surface area contributed by atoms with Crippen LogP contribution in [-0.4, -0.2) is 28.2 Å². The summed E-state index contributed by atoms with van der Waals surface area (Å²) in [6.07, 6.45) is 0. The molecule has 0 atom stereocenters. The lowest BCUT2D eigenvalue weighted by atomic mass is 10.1. The summed E-state index contributed by atoms with van der Waals surface area (Å²) in [5, 5.41) is 18.4. The Kier molecular flexibility index (Phi) is 4.25. The lowest BCUT2D eigenvalue weighted by molar-refractivity contribution is 0.102. The molecule has 2 heterocycles. The van der Waals surface area contributed by atoms with Crippen LogP contribution in [0.2, 0.25) is 0 Å². The van der Waals surface area contributed by atoms with Crippen molar-refractivity contribution in [2.45, 2.75) is 4.90 Å². The number of hydrogen-bond acceptors (Lipinski definition) is 8. The minimum absolute atomic E-state index is 0.00825. The van der Waals surface area contributed by atoms with E-state index in [9.17, 15) is 18.5 Å². The molecule has 25 heavy (non-hydrogen) atoms. The Labute approximate surface area is 146 Å². The zero-order valence-electron chi connectivity index (χ0n) is 12.7. The lowest BCUT2D eigenvalue weighted by Crippen LogP contribution is -2.19. The van der Waals surface area contributed by atoms with Crippen LogP contribution in [0, 0.1) is 11.3 Å². The number of benzene rings is 1. The number of anilines is 1. The van der Waals surface area contributed by atoms with E-state index in [0.29, 0.717) is 5.75 Å². The monoisotopic (exact) mass is 381 g/mol. The number of nitrogens with two attached hydrogens (primary N) is 1. The van der Waals surface area contributed by atoms with E-state index in [2.05, 4.69) is 5.32 Å². The first-order chi connectivity index (χ1) is 11.9. The zero-order chi connectivity index (χ0) is 18.2. The van der Waals surface area contributed by atoms with Crippen molar-refractivity contribution in [3.8, 4) is 23.3 Å². The summed E-state index contributed by atoms with van der Waals surface area (Å²) in [4.78, 5) is 12.1. The molecule has 0 aliphatic carbocycles. The quantitative estimate of drug-likeness (QED) is 0.812. The maximum Gasteiger partial charge on any atom is 0.267 e. The molecule has 0 spiro atoms. The van der Waals surface area contributed by atoms with Crippen LogP contribution in [0.5, 0.6) is 17.2 Å². The number of carbonyl (C=O) groups is 1. The van der Waals surface area contributed by atoms with Gasteiger partial charge < -0.3 is 19.5 Å². The number of primary sulfonamides is 1. The summed E-state index contributed by atoms with van der Waals surface area (Å²) in [5.74, 6) is -0.0836. The Morgan fingerprint density at radius 3 is 2.88 bits per heavy atom. The number of nitrogens with one attached hydrogen (secondary N) is 1. The van der Waals surface area contributed by atoms with Crippen molar-refractivity contribution in [2.75, 3.05) is 19.2 Å². The molecule has 0 saturated heterocycles. The van der Waals surface area contributed by atoms with E-state index in [1.165, 1.54) is 24.6 Å². The van der Waals surface area contributed by atoms with Crippen LogP contribution in [0.25, 0.3) is 0 Å². The summed E-state index contributed by atoms with van der Waals surface area (Å²) >= 11 is 0.905. The summed E-state index contributed by atoms with van der Waals surface area (Å²) in [7, 11) is -2.70. The van der Waals surface area contributed by atoms with Crippen molar-refractivity contribution in [3.63, 3.8) is 0 Å². The molecule has 1 amide bonds. The number of thiophene rings is 1. The largest absolute Gasteiger partial charge is 0.494 e. The fourth-order valence-electron chi connectivity index (χ4n) is 2.27. The number of sulfonamides is 1. The van der Waals surface area contributed by atoms with Gasteiger partial charge in [-0.3, -0.25) is 4.79 Å². The predicted octanol–water partition coefficient (Wildman–Crippen LogP) is 1.26. The Hall–Kier alpha value is -2.81. The molecular formula is C14H11N3O6S2. The van der Waals surface area contributed by atoms with Crippen LogP contribution >= 0.6 is 11.3 Å². The number of rotatable bonds is 4. The number of methoxy groups -OCH3 is 1. The second kappa shape index (κ2) is 6.25. The fourth-order valence-corrected chi connectivity index (χ4v) is 4.14. The minimum atomic E-state index is -4.06. The van der Waals surface area contributed by atoms with Crippen molar-refractivity contribution in [3.05, 3.63) is 28.0 Å². The van der Waals surface area contributed by atoms with Gasteiger partial charge >= 0.3 is 0 Å². The first-order valence-electron chi connectivity index (χ1n) is 6.69. The van der Waals surface area contributed by atoms with Gasteiger partial charge in [0.1, 0.15) is 32.8 Å². The highest BCUT2D eigenvalue weighted by atomic mass is 32.2. The minimum Gasteiger partial charge on any atom is -0.494 e. The number of hydrogen-bond donors (Lipinski definition) is 2. The molecular weight excluding hydrogens is 370 g/mol.